The molecule has 0 saturated carbocycles. The van der Waals surface area contributed by atoms with Crippen LogP contribution in [-0.2, 0) is 9.59 Å². The molecule has 1 aliphatic rings. The number of carbonyl (C=O) groups excluding carboxylic acids is 2. The average Bonchev–Trinajstić information content (AvgIpc) is 2.49. The Morgan fingerprint density at radius 1 is 1.30 bits per heavy atom. The molecule has 1 heterocycles. The van der Waals surface area contributed by atoms with Crippen LogP contribution in [0.1, 0.15) is 6.92 Å². The van der Waals surface area contributed by atoms with Gasteiger partial charge in [0.1, 0.15) is 0 Å². The summed E-state index contributed by atoms with van der Waals surface area (Å²) in [6.07, 6.45) is 0. The van der Waals surface area contributed by atoms with Crippen LogP contribution in [0.25, 0.3) is 0 Å². The van der Waals surface area contributed by atoms with Gasteiger partial charge >= 0.3 is 0 Å². The second-order valence-corrected chi connectivity index (χ2v) is 5.66. The second-order valence-electron chi connectivity index (χ2n) is 5.25. The third-order valence-electron chi connectivity index (χ3n) is 3.62. The van der Waals surface area contributed by atoms with Gasteiger partial charge in [-0.3, -0.25) is 24.6 Å². The van der Waals surface area contributed by atoms with Crippen molar-refractivity contribution >= 4 is 34.8 Å². The average molecular weight is 341 g/mol. The summed E-state index contributed by atoms with van der Waals surface area (Å²) in [6.45, 7) is 4.15. The van der Waals surface area contributed by atoms with Crippen LogP contribution in [0.5, 0.6) is 0 Å². The van der Waals surface area contributed by atoms with Crippen molar-refractivity contribution in [1.82, 2.24) is 9.80 Å². The van der Waals surface area contributed by atoms with Crippen molar-refractivity contribution in [3.05, 3.63) is 33.3 Å². The first-order valence-corrected chi connectivity index (χ1v) is 7.46. The Balaban J connectivity index is 1.88. The number of nitrogens with zero attached hydrogens (tertiary/aromatic N) is 3. The number of nitrogens with one attached hydrogen (secondary N) is 1. The van der Waals surface area contributed by atoms with E-state index in [1.54, 1.807) is 4.90 Å². The highest BCUT2D eigenvalue weighted by molar-refractivity contribution is 6.34. The third kappa shape index (κ3) is 4.64. The summed E-state index contributed by atoms with van der Waals surface area (Å²) in [5.41, 5.74) is 0.206. The molecular weight excluding hydrogens is 324 g/mol. The number of halogens is 1. The van der Waals surface area contributed by atoms with Crippen molar-refractivity contribution in [2.45, 2.75) is 6.92 Å². The minimum absolute atomic E-state index is 0.0340. The second kappa shape index (κ2) is 7.38. The van der Waals surface area contributed by atoms with Gasteiger partial charge in [-0.25, -0.2) is 0 Å². The van der Waals surface area contributed by atoms with E-state index in [1.807, 2.05) is 4.90 Å². The first-order valence-electron chi connectivity index (χ1n) is 7.08. The molecule has 1 aromatic carbocycles. The highest BCUT2D eigenvalue weighted by Crippen LogP contribution is 2.26. The number of hydrogen-bond donors (Lipinski definition) is 1. The van der Waals surface area contributed by atoms with Crippen LogP contribution in [-0.4, -0.2) is 59.3 Å². The van der Waals surface area contributed by atoms with Gasteiger partial charge in [0.05, 0.1) is 22.2 Å². The molecule has 0 spiro atoms. The van der Waals surface area contributed by atoms with Crippen molar-refractivity contribution in [2.75, 3.05) is 38.0 Å². The maximum Gasteiger partial charge on any atom is 0.271 e. The molecule has 0 unspecified atom stereocenters. The molecule has 0 aliphatic carbocycles. The van der Waals surface area contributed by atoms with E-state index in [0.29, 0.717) is 31.9 Å². The lowest BCUT2D eigenvalue weighted by molar-refractivity contribution is -0.384. The predicted octanol–water partition coefficient (Wildman–Crippen LogP) is 1.35. The molecule has 1 aliphatic heterocycles. The molecule has 8 nitrogen and oxygen atoms in total. The minimum atomic E-state index is -0.550. The number of non-ortho nitro benzene ring substituents is 1. The molecule has 1 fully saturated rings. The van der Waals surface area contributed by atoms with Crippen LogP contribution in [0.15, 0.2) is 18.2 Å². The highest BCUT2D eigenvalue weighted by Gasteiger charge is 2.20. The smallest absolute Gasteiger partial charge is 0.271 e. The topological polar surface area (TPSA) is 95.8 Å². The van der Waals surface area contributed by atoms with Crippen molar-refractivity contribution < 1.29 is 14.5 Å². The Morgan fingerprint density at radius 3 is 2.48 bits per heavy atom. The Hall–Kier alpha value is -2.19. The molecule has 0 aromatic heterocycles. The Kier molecular flexibility index (Phi) is 5.51. The summed E-state index contributed by atoms with van der Waals surface area (Å²) < 4.78 is 0. The van der Waals surface area contributed by atoms with E-state index < -0.39 is 4.92 Å². The molecular formula is C14H17ClN4O4. The normalized spacial score (nSPS) is 15.3. The summed E-state index contributed by atoms with van der Waals surface area (Å²) >= 11 is 5.94. The minimum Gasteiger partial charge on any atom is -0.340 e. The van der Waals surface area contributed by atoms with Gasteiger partial charge in [-0.2, -0.15) is 0 Å². The number of rotatable bonds is 4. The lowest BCUT2D eigenvalue weighted by Gasteiger charge is -2.33. The van der Waals surface area contributed by atoms with E-state index in [1.165, 1.54) is 25.1 Å². The third-order valence-corrected chi connectivity index (χ3v) is 3.94. The molecule has 0 atom stereocenters. The molecule has 2 amide bonds. The van der Waals surface area contributed by atoms with Crippen LogP contribution in [0.2, 0.25) is 5.02 Å². The molecule has 23 heavy (non-hydrogen) atoms. The molecule has 0 radical (unpaired) electrons. The van der Waals surface area contributed by atoms with Gasteiger partial charge in [-0.05, 0) is 6.07 Å². The number of hydrogen-bond acceptors (Lipinski definition) is 5. The first kappa shape index (κ1) is 17.2. The lowest BCUT2D eigenvalue weighted by atomic mass is 10.2. The van der Waals surface area contributed by atoms with E-state index in [2.05, 4.69) is 5.32 Å². The lowest BCUT2D eigenvalue weighted by Crippen LogP contribution is -2.49. The number of piperazine rings is 1. The monoisotopic (exact) mass is 340 g/mol. The Labute approximate surface area is 138 Å². The highest BCUT2D eigenvalue weighted by atomic mass is 35.5. The van der Waals surface area contributed by atoms with Gasteiger partial charge < -0.3 is 10.2 Å². The summed E-state index contributed by atoms with van der Waals surface area (Å²) in [6, 6.07) is 3.89. The fourth-order valence-corrected chi connectivity index (χ4v) is 2.55. The molecule has 0 bridgehead atoms. The molecule has 2 rings (SSSR count). The largest absolute Gasteiger partial charge is 0.340 e. The van der Waals surface area contributed by atoms with E-state index in [9.17, 15) is 19.7 Å². The summed E-state index contributed by atoms with van der Waals surface area (Å²) in [4.78, 5) is 37.1. The summed E-state index contributed by atoms with van der Waals surface area (Å²) in [5, 5.41) is 13.4. The number of amides is 2. The van der Waals surface area contributed by atoms with Gasteiger partial charge in [0, 0.05) is 45.2 Å². The number of carbonyl (C=O) groups is 2. The standard InChI is InChI=1S/C14H17ClN4O4/c1-10(20)18-6-4-17(5-7-18)9-14(21)16-13-3-2-11(19(22)23)8-12(13)15/h2-3,8H,4-7,9H2,1H3,(H,16,21). The van der Waals surface area contributed by atoms with Crippen molar-refractivity contribution in [3.63, 3.8) is 0 Å². The quantitative estimate of drug-likeness (QED) is 0.659. The van der Waals surface area contributed by atoms with Gasteiger partial charge in [-0.1, -0.05) is 11.6 Å². The van der Waals surface area contributed by atoms with Gasteiger partial charge in [0.25, 0.3) is 5.69 Å². The van der Waals surface area contributed by atoms with Crippen molar-refractivity contribution in [3.8, 4) is 0 Å². The summed E-state index contributed by atoms with van der Waals surface area (Å²) in [7, 11) is 0. The van der Waals surface area contributed by atoms with Gasteiger partial charge in [0.15, 0.2) is 0 Å². The van der Waals surface area contributed by atoms with Crippen LogP contribution in [0, 0.1) is 10.1 Å². The maximum absolute atomic E-state index is 12.0. The maximum atomic E-state index is 12.0. The zero-order chi connectivity index (χ0) is 17.0. The van der Waals surface area contributed by atoms with E-state index in [0.717, 1.165) is 0 Å². The molecule has 1 aromatic rings. The number of nitro benzene ring substituents is 1. The molecule has 1 saturated heterocycles. The SMILES string of the molecule is CC(=O)N1CCN(CC(=O)Nc2ccc([N+](=O)[O-])cc2Cl)CC1. The number of nitro groups is 1. The van der Waals surface area contributed by atoms with Crippen molar-refractivity contribution in [2.24, 2.45) is 0 Å². The number of benzene rings is 1. The molecule has 124 valence electrons. The van der Waals surface area contributed by atoms with Crippen LogP contribution in [0.4, 0.5) is 11.4 Å². The zero-order valence-electron chi connectivity index (χ0n) is 12.6. The Morgan fingerprint density at radius 2 is 1.96 bits per heavy atom. The van der Waals surface area contributed by atoms with Gasteiger partial charge in [-0.15, -0.1) is 0 Å². The van der Waals surface area contributed by atoms with E-state index >= 15 is 0 Å². The molecule has 1 N–H and O–H groups in total. The molecule has 9 heteroatoms. The van der Waals surface area contributed by atoms with E-state index in [-0.39, 0.29) is 29.1 Å². The fraction of sp³-hybridized carbons (Fsp3) is 0.429. The first-order chi connectivity index (χ1) is 10.9. The van der Waals surface area contributed by atoms with E-state index in [4.69, 9.17) is 11.6 Å². The van der Waals surface area contributed by atoms with Crippen molar-refractivity contribution in [1.29, 1.82) is 0 Å². The summed E-state index contributed by atoms with van der Waals surface area (Å²) in [5.74, 6) is -0.219. The van der Waals surface area contributed by atoms with Gasteiger partial charge in [0.2, 0.25) is 11.8 Å². The number of anilines is 1. The van der Waals surface area contributed by atoms with Crippen LogP contribution < -0.4 is 5.32 Å². The predicted molar refractivity (Wildman–Crippen MR) is 85.4 cm³/mol. The zero-order valence-corrected chi connectivity index (χ0v) is 13.4. The Bertz CT molecular complexity index is 629. The van der Waals surface area contributed by atoms with Crippen LogP contribution in [0.3, 0.4) is 0 Å². The van der Waals surface area contributed by atoms with Crippen LogP contribution >= 0.6 is 11.6 Å². The fourth-order valence-electron chi connectivity index (χ4n) is 2.33.